The number of rotatable bonds is 4. The molecular weight excluding hydrogens is 308 g/mol. The number of carboxylic acids is 1. The number of aromatic carboxylic acids is 1. The second-order valence-electron chi connectivity index (χ2n) is 4.81. The maximum atomic E-state index is 10.9. The summed E-state index contributed by atoms with van der Waals surface area (Å²) in [6, 6.07) is 12.9. The summed E-state index contributed by atoms with van der Waals surface area (Å²) in [4.78, 5) is 12.2. The molecule has 1 aliphatic heterocycles. The monoisotopic (exact) mass is 320 g/mol. The number of ether oxygens (including phenoxy) is 1. The fraction of sp³-hybridized carbons (Fsp3) is 0.188. The molecule has 2 aromatic rings. The zero-order chi connectivity index (χ0) is 14.8. The SMILES string of the molecule is O=C(O)c1ccc(OCC2Cc3ccccc3S2)c(Cl)c1. The number of carbonyl (C=O) groups is 1. The van der Waals surface area contributed by atoms with Gasteiger partial charge in [-0.1, -0.05) is 29.8 Å². The molecule has 0 aromatic heterocycles. The Morgan fingerprint density at radius 2 is 2.14 bits per heavy atom. The van der Waals surface area contributed by atoms with Gasteiger partial charge in [-0.05, 0) is 36.2 Å². The first kappa shape index (κ1) is 14.3. The summed E-state index contributed by atoms with van der Waals surface area (Å²) >= 11 is 7.86. The first-order valence-corrected chi connectivity index (χ1v) is 7.79. The van der Waals surface area contributed by atoms with Crippen molar-refractivity contribution in [3.05, 3.63) is 58.6 Å². The number of fused-ring (bicyclic) bond motifs is 1. The Hall–Kier alpha value is -1.65. The molecule has 0 saturated carbocycles. The Morgan fingerprint density at radius 3 is 2.86 bits per heavy atom. The quantitative estimate of drug-likeness (QED) is 0.920. The van der Waals surface area contributed by atoms with E-state index >= 15 is 0 Å². The number of hydrogen-bond donors (Lipinski definition) is 1. The Kier molecular flexibility index (Phi) is 4.08. The molecule has 2 aromatic carbocycles. The highest BCUT2D eigenvalue weighted by Gasteiger charge is 2.22. The van der Waals surface area contributed by atoms with Gasteiger partial charge in [0.2, 0.25) is 0 Å². The topological polar surface area (TPSA) is 46.5 Å². The van der Waals surface area contributed by atoms with Crippen LogP contribution >= 0.6 is 23.4 Å². The molecule has 3 rings (SSSR count). The minimum atomic E-state index is -0.995. The minimum absolute atomic E-state index is 0.162. The van der Waals surface area contributed by atoms with E-state index in [2.05, 4.69) is 12.1 Å². The van der Waals surface area contributed by atoms with Gasteiger partial charge in [0, 0.05) is 10.1 Å². The second-order valence-corrected chi connectivity index (χ2v) is 6.56. The third kappa shape index (κ3) is 3.17. The summed E-state index contributed by atoms with van der Waals surface area (Å²) in [5.41, 5.74) is 1.51. The Balaban J connectivity index is 1.63. The molecule has 1 atom stereocenters. The van der Waals surface area contributed by atoms with Crippen molar-refractivity contribution in [1.82, 2.24) is 0 Å². The molecule has 5 heteroatoms. The van der Waals surface area contributed by atoms with E-state index in [1.807, 2.05) is 23.9 Å². The van der Waals surface area contributed by atoms with Gasteiger partial charge in [-0.2, -0.15) is 0 Å². The van der Waals surface area contributed by atoms with E-state index in [1.54, 1.807) is 6.07 Å². The molecule has 21 heavy (non-hydrogen) atoms. The van der Waals surface area contributed by atoms with Crippen LogP contribution in [0, 0.1) is 0 Å². The largest absolute Gasteiger partial charge is 0.491 e. The van der Waals surface area contributed by atoms with Crippen molar-refractivity contribution in [1.29, 1.82) is 0 Å². The van der Waals surface area contributed by atoms with Gasteiger partial charge in [-0.25, -0.2) is 4.79 Å². The minimum Gasteiger partial charge on any atom is -0.491 e. The molecular formula is C16H13ClO3S. The highest BCUT2D eigenvalue weighted by atomic mass is 35.5. The molecule has 3 nitrogen and oxygen atoms in total. The van der Waals surface area contributed by atoms with Crippen molar-refractivity contribution in [2.75, 3.05) is 6.61 Å². The summed E-state index contributed by atoms with van der Waals surface area (Å²) in [6.07, 6.45) is 0.978. The van der Waals surface area contributed by atoms with Gasteiger partial charge in [0.25, 0.3) is 0 Å². The number of hydrogen-bond acceptors (Lipinski definition) is 3. The lowest BCUT2D eigenvalue weighted by molar-refractivity contribution is 0.0697. The van der Waals surface area contributed by atoms with Crippen LogP contribution in [0.1, 0.15) is 15.9 Å². The molecule has 0 radical (unpaired) electrons. The van der Waals surface area contributed by atoms with Crippen molar-refractivity contribution < 1.29 is 14.6 Å². The zero-order valence-electron chi connectivity index (χ0n) is 11.1. The van der Waals surface area contributed by atoms with Crippen molar-refractivity contribution in [3.63, 3.8) is 0 Å². The molecule has 1 aliphatic rings. The third-order valence-electron chi connectivity index (χ3n) is 3.32. The van der Waals surface area contributed by atoms with Gasteiger partial charge in [-0.3, -0.25) is 0 Å². The van der Waals surface area contributed by atoms with Crippen LogP contribution in [0.25, 0.3) is 0 Å². The molecule has 1 unspecified atom stereocenters. The lowest BCUT2D eigenvalue weighted by Gasteiger charge is -2.12. The molecule has 1 heterocycles. The van der Waals surface area contributed by atoms with Crippen LogP contribution in [-0.2, 0) is 6.42 Å². The maximum absolute atomic E-state index is 10.9. The highest BCUT2D eigenvalue weighted by molar-refractivity contribution is 8.00. The van der Waals surface area contributed by atoms with Gasteiger partial charge in [0.1, 0.15) is 12.4 Å². The van der Waals surface area contributed by atoms with E-state index in [-0.39, 0.29) is 5.56 Å². The summed E-state index contributed by atoms with van der Waals surface area (Å²) in [6.45, 7) is 0.547. The molecule has 0 aliphatic carbocycles. The fourth-order valence-corrected chi connectivity index (χ4v) is 3.73. The number of benzene rings is 2. The average molecular weight is 321 g/mol. The molecule has 0 spiro atoms. The lowest BCUT2D eigenvalue weighted by Crippen LogP contribution is -2.13. The van der Waals surface area contributed by atoms with E-state index in [0.717, 1.165) is 6.42 Å². The third-order valence-corrected chi connectivity index (χ3v) is 4.90. The van der Waals surface area contributed by atoms with E-state index in [1.165, 1.54) is 22.6 Å². The van der Waals surface area contributed by atoms with Crippen LogP contribution in [0.4, 0.5) is 0 Å². The molecule has 0 bridgehead atoms. The van der Waals surface area contributed by atoms with Crippen LogP contribution in [0.5, 0.6) is 5.75 Å². The van der Waals surface area contributed by atoms with Crippen LogP contribution in [0.3, 0.4) is 0 Å². The van der Waals surface area contributed by atoms with Crippen molar-refractivity contribution in [2.45, 2.75) is 16.6 Å². The highest BCUT2D eigenvalue weighted by Crippen LogP contribution is 2.37. The Labute approximate surface area is 131 Å². The first-order chi connectivity index (χ1) is 10.1. The summed E-state index contributed by atoms with van der Waals surface area (Å²) < 4.78 is 5.74. The Morgan fingerprint density at radius 1 is 1.33 bits per heavy atom. The van der Waals surface area contributed by atoms with Gasteiger partial charge < -0.3 is 9.84 Å². The van der Waals surface area contributed by atoms with E-state index in [0.29, 0.717) is 22.6 Å². The maximum Gasteiger partial charge on any atom is 0.335 e. The fourth-order valence-electron chi connectivity index (χ4n) is 2.28. The Bertz CT molecular complexity index is 662. The van der Waals surface area contributed by atoms with Crippen LogP contribution in [-0.4, -0.2) is 22.9 Å². The number of halogens is 1. The van der Waals surface area contributed by atoms with Crippen molar-refractivity contribution >= 4 is 29.3 Å². The van der Waals surface area contributed by atoms with Gasteiger partial charge >= 0.3 is 5.97 Å². The standard InChI is InChI=1S/C16H13ClO3S/c17-13-8-11(16(18)19)5-6-14(13)20-9-12-7-10-3-1-2-4-15(10)21-12/h1-6,8,12H,7,9H2,(H,18,19). The molecule has 108 valence electrons. The normalized spacial score (nSPS) is 16.5. The van der Waals surface area contributed by atoms with Crippen LogP contribution in [0.2, 0.25) is 5.02 Å². The van der Waals surface area contributed by atoms with E-state index < -0.39 is 5.97 Å². The number of thioether (sulfide) groups is 1. The smallest absolute Gasteiger partial charge is 0.335 e. The van der Waals surface area contributed by atoms with Crippen LogP contribution in [0.15, 0.2) is 47.4 Å². The molecule has 1 N–H and O–H groups in total. The summed E-state index contributed by atoms with van der Waals surface area (Å²) in [5.74, 6) is -0.469. The zero-order valence-corrected chi connectivity index (χ0v) is 12.7. The molecule has 0 amide bonds. The van der Waals surface area contributed by atoms with Gasteiger partial charge in [-0.15, -0.1) is 11.8 Å². The van der Waals surface area contributed by atoms with Crippen molar-refractivity contribution in [2.24, 2.45) is 0 Å². The first-order valence-electron chi connectivity index (χ1n) is 6.53. The summed E-state index contributed by atoms with van der Waals surface area (Å²) in [5, 5.41) is 9.59. The summed E-state index contributed by atoms with van der Waals surface area (Å²) in [7, 11) is 0. The van der Waals surface area contributed by atoms with Crippen molar-refractivity contribution in [3.8, 4) is 5.75 Å². The number of carboxylic acid groups (broad SMARTS) is 1. The average Bonchev–Trinajstić information content (AvgIpc) is 2.88. The second kappa shape index (κ2) is 6.00. The van der Waals surface area contributed by atoms with Gasteiger partial charge in [0.15, 0.2) is 0 Å². The van der Waals surface area contributed by atoms with Gasteiger partial charge in [0.05, 0.1) is 10.6 Å². The predicted octanol–water partition coefficient (Wildman–Crippen LogP) is 4.13. The molecule has 0 saturated heterocycles. The van der Waals surface area contributed by atoms with Crippen LogP contribution < -0.4 is 4.74 Å². The molecule has 0 fully saturated rings. The predicted molar refractivity (Wildman–Crippen MR) is 83.7 cm³/mol. The van der Waals surface area contributed by atoms with E-state index in [9.17, 15) is 4.79 Å². The van der Waals surface area contributed by atoms with E-state index in [4.69, 9.17) is 21.4 Å². The lowest BCUT2D eigenvalue weighted by atomic mass is 10.1.